The third-order valence-electron chi connectivity index (χ3n) is 1.96. The number of benzene rings is 1. The van der Waals surface area contributed by atoms with E-state index in [0.29, 0.717) is 5.16 Å². The van der Waals surface area contributed by atoms with E-state index < -0.39 is 11.6 Å². The zero-order valence-corrected chi connectivity index (χ0v) is 10.7. The molecule has 0 spiro atoms. The van der Waals surface area contributed by atoms with Crippen molar-refractivity contribution < 1.29 is 13.5 Å². The highest BCUT2D eigenvalue weighted by atomic mass is 35.5. The standard InChI is InChI=1S/C11H7ClF2N2OS/c1-18-11-15-8(12)5-9(16-11)17-7-4-2-3-6(13)10(7)14/h2-5H,1H3. The third-order valence-corrected chi connectivity index (χ3v) is 2.71. The van der Waals surface area contributed by atoms with E-state index in [1.54, 1.807) is 6.26 Å². The number of thioether (sulfide) groups is 1. The fourth-order valence-corrected chi connectivity index (χ4v) is 1.79. The highest BCUT2D eigenvalue weighted by Gasteiger charge is 2.11. The largest absolute Gasteiger partial charge is 0.436 e. The van der Waals surface area contributed by atoms with Crippen molar-refractivity contribution in [1.29, 1.82) is 0 Å². The molecule has 0 fully saturated rings. The molecule has 0 radical (unpaired) electrons. The van der Waals surface area contributed by atoms with Crippen molar-refractivity contribution in [2.24, 2.45) is 0 Å². The molecular formula is C11H7ClF2N2OS. The molecule has 0 saturated heterocycles. The zero-order chi connectivity index (χ0) is 13.1. The SMILES string of the molecule is CSc1nc(Cl)cc(Oc2cccc(F)c2F)n1. The first-order chi connectivity index (χ1) is 8.60. The van der Waals surface area contributed by atoms with Gasteiger partial charge in [-0.25, -0.2) is 9.37 Å². The highest BCUT2D eigenvalue weighted by molar-refractivity contribution is 7.98. The maximum atomic E-state index is 13.4. The number of hydrogen-bond donors (Lipinski definition) is 0. The summed E-state index contributed by atoms with van der Waals surface area (Å²) in [7, 11) is 0. The Morgan fingerprint density at radius 3 is 2.78 bits per heavy atom. The van der Waals surface area contributed by atoms with Crippen LogP contribution in [0.5, 0.6) is 11.6 Å². The Morgan fingerprint density at radius 2 is 2.06 bits per heavy atom. The summed E-state index contributed by atoms with van der Waals surface area (Å²) in [5.74, 6) is -2.25. The molecule has 1 aromatic carbocycles. The van der Waals surface area contributed by atoms with Gasteiger partial charge in [-0.1, -0.05) is 29.4 Å². The molecule has 7 heteroatoms. The minimum absolute atomic E-state index is 0.0591. The second-order valence-corrected chi connectivity index (χ2v) is 4.33. The fraction of sp³-hybridized carbons (Fsp3) is 0.0909. The second-order valence-electron chi connectivity index (χ2n) is 3.17. The molecule has 18 heavy (non-hydrogen) atoms. The summed E-state index contributed by atoms with van der Waals surface area (Å²) in [6, 6.07) is 4.97. The first kappa shape index (κ1) is 13.0. The Bertz CT molecular complexity index is 583. The Labute approximate surface area is 111 Å². The van der Waals surface area contributed by atoms with Crippen LogP contribution < -0.4 is 4.74 Å². The minimum Gasteiger partial charge on any atom is -0.436 e. The normalized spacial score (nSPS) is 10.4. The van der Waals surface area contributed by atoms with Crippen molar-refractivity contribution in [3.8, 4) is 11.6 Å². The molecule has 0 saturated carbocycles. The number of hydrogen-bond acceptors (Lipinski definition) is 4. The lowest BCUT2D eigenvalue weighted by Crippen LogP contribution is -1.95. The van der Waals surface area contributed by atoms with Crippen molar-refractivity contribution in [3.05, 3.63) is 41.1 Å². The zero-order valence-electron chi connectivity index (χ0n) is 9.15. The van der Waals surface area contributed by atoms with Crippen molar-refractivity contribution in [2.45, 2.75) is 5.16 Å². The molecule has 0 bridgehead atoms. The van der Waals surface area contributed by atoms with Gasteiger partial charge in [0.05, 0.1) is 0 Å². The summed E-state index contributed by atoms with van der Waals surface area (Å²) in [6.45, 7) is 0. The summed E-state index contributed by atoms with van der Waals surface area (Å²) >= 11 is 7.01. The van der Waals surface area contributed by atoms with E-state index in [4.69, 9.17) is 16.3 Å². The van der Waals surface area contributed by atoms with Gasteiger partial charge in [-0.2, -0.15) is 9.37 Å². The van der Waals surface area contributed by atoms with Gasteiger partial charge < -0.3 is 4.74 Å². The van der Waals surface area contributed by atoms with Crippen LogP contribution in [-0.2, 0) is 0 Å². The Balaban J connectivity index is 2.34. The first-order valence-electron chi connectivity index (χ1n) is 4.80. The molecule has 1 aromatic heterocycles. The summed E-state index contributed by atoms with van der Waals surface area (Å²) < 4.78 is 31.5. The molecule has 0 N–H and O–H groups in total. The minimum atomic E-state index is -1.07. The first-order valence-corrected chi connectivity index (χ1v) is 6.41. The van der Waals surface area contributed by atoms with Gasteiger partial charge >= 0.3 is 0 Å². The van der Waals surface area contributed by atoms with Gasteiger partial charge in [0.1, 0.15) is 5.15 Å². The van der Waals surface area contributed by atoms with Crippen LogP contribution in [0.25, 0.3) is 0 Å². The number of rotatable bonds is 3. The van der Waals surface area contributed by atoms with E-state index in [2.05, 4.69) is 9.97 Å². The lowest BCUT2D eigenvalue weighted by molar-refractivity contribution is 0.402. The molecule has 0 aliphatic heterocycles. The molecule has 0 aliphatic rings. The maximum absolute atomic E-state index is 13.4. The van der Waals surface area contributed by atoms with E-state index in [1.165, 1.54) is 30.0 Å². The summed E-state index contributed by atoms with van der Waals surface area (Å²) in [5.41, 5.74) is 0. The van der Waals surface area contributed by atoms with Crippen LogP contribution in [-0.4, -0.2) is 16.2 Å². The lowest BCUT2D eigenvalue weighted by Gasteiger charge is -2.07. The molecule has 0 amide bonds. The van der Waals surface area contributed by atoms with Gasteiger partial charge in [0.2, 0.25) is 11.7 Å². The summed E-state index contributed by atoms with van der Waals surface area (Å²) in [6.07, 6.45) is 1.76. The predicted octanol–water partition coefficient (Wildman–Crippen LogP) is 3.92. The van der Waals surface area contributed by atoms with Crippen LogP contribution >= 0.6 is 23.4 Å². The molecule has 3 nitrogen and oxygen atoms in total. The molecule has 0 atom stereocenters. The van der Waals surface area contributed by atoms with Crippen LogP contribution in [0.15, 0.2) is 29.4 Å². The van der Waals surface area contributed by atoms with E-state index in [1.807, 2.05) is 0 Å². The molecular weight excluding hydrogens is 282 g/mol. The van der Waals surface area contributed by atoms with Crippen LogP contribution in [0.4, 0.5) is 8.78 Å². The number of ether oxygens (including phenoxy) is 1. The average molecular weight is 289 g/mol. The lowest BCUT2D eigenvalue weighted by atomic mass is 10.3. The second kappa shape index (κ2) is 5.49. The van der Waals surface area contributed by atoms with Crippen molar-refractivity contribution >= 4 is 23.4 Å². The van der Waals surface area contributed by atoms with E-state index >= 15 is 0 Å². The molecule has 2 rings (SSSR count). The monoisotopic (exact) mass is 288 g/mol. The molecule has 94 valence electrons. The van der Waals surface area contributed by atoms with Crippen LogP contribution in [0.3, 0.4) is 0 Å². The molecule has 0 aliphatic carbocycles. The Hall–Kier alpha value is -1.40. The predicted molar refractivity (Wildman–Crippen MR) is 65.3 cm³/mol. The topological polar surface area (TPSA) is 35.0 Å². The van der Waals surface area contributed by atoms with Gasteiger partial charge in [-0.05, 0) is 18.4 Å². The van der Waals surface area contributed by atoms with Gasteiger partial charge in [0.25, 0.3) is 0 Å². The van der Waals surface area contributed by atoms with E-state index in [0.717, 1.165) is 6.07 Å². The number of halogens is 3. The van der Waals surface area contributed by atoms with Gasteiger partial charge in [-0.3, -0.25) is 0 Å². The Morgan fingerprint density at radius 1 is 1.28 bits per heavy atom. The highest BCUT2D eigenvalue weighted by Crippen LogP contribution is 2.27. The van der Waals surface area contributed by atoms with E-state index in [-0.39, 0.29) is 16.8 Å². The van der Waals surface area contributed by atoms with Gasteiger partial charge in [-0.15, -0.1) is 0 Å². The number of nitrogens with zero attached hydrogens (tertiary/aromatic N) is 2. The van der Waals surface area contributed by atoms with Gasteiger partial charge in [0, 0.05) is 6.07 Å². The van der Waals surface area contributed by atoms with Crippen molar-refractivity contribution in [1.82, 2.24) is 9.97 Å². The van der Waals surface area contributed by atoms with Crippen LogP contribution in [0.1, 0.15) is 0 Å². The fourth-order valence-electron chi connectivity index (χ4n) is 1.20. The van der Waals surface area contributed by atoms with Crippen LogP contribution in [0, 0.1) is 11.6 Å². The molecule has 2 aromatic rings. The summed E-state index contributed by atoms with van der Waals surface area (Å²) in [4.78, 5) is 7.88. The van der Waals surface area contributed by atoms with Crippen LogP contribution in [0.2, 0.25) is 5.15 Å². The quantitative estimate of drug-likeness (QED) is 0.487. The average Bonchev–Trinajstić information content (AvgIpc) is 2.34. The van der Waals surface area contributed by atoms with Gasteiger partial charge in [0.15, 0.2) is 16.7 Å². The van der Waals surface area contributed by atoms with Crippen molar-refractivity contribution in [3.63, 3.8) is 0 Å². The van der Waals surface area contributed by atoms with Crippen molar-refractivity contribution in [2.75, 3.05) is 6.26 Å². The Kier molecular flexibility index (Phi) is 3.98. The maximum Gasteiger partial charge on any atom is 0.224 e. The molecule has 0 unspecified atom stereocenters. The third kappa shape index (κ3) is 2.88. The summed E-state index contributed by atoms with van der Waals surface area (Å²) in [5, 5.41) is 0.551. The molecule has 1 heterocycles. The van der Waals surface area contributed by atoms with E-state index in [9.17, 15) is 8.78 Å². The number of aromatic nitrogens is 2. The smallest absolute Gasteiger partial charge is 0.224 e.